The topological polar surface area (TPSA) is 249 Å². The lowest BCUT2D eigenvalue weighted by molar-refractivity contribution is -0.291. The van der Waals surface area contributed by atoms with E-state index >= 15 is 0 Å². The van der Waals surface area contributed by atoms with Crippen LogP contribution in [-0.4, -0.2) is 114 Å². The maximum Gasteiger partial charge on any atom is 0.416 e. The number of hydrogen-bond acceptors (Lipinski definition) is 13. The predicted molar refractivity (Wildman–Crippen MR) is 224 cm³/mol. The maximum atomic E-state index is 13.5. The summed E-state index contributed by atoms with van der Waals surface area (Å²) in [4.78, 5) is 52.6. The number of rotatable bonds is 20. The summed E-state index contributed by atoms with van der Waals surface area (Å²) in [6.07, 6.45) is -11.8. The Bertz CT molecular complexity index is 2110. The number of anilines is 4. The molecule has 2 aliphatic heterocycles. The van der Waals surface area contributed by atoms with Gasteiger partial charge in [-0.15, -0.1) is 0 Å². The molecule has 17 nitrogen and oxygen atoms in total. The zero-order valence-corrected chi connectivity index (χ0v) is 35.2. The summed E-state index contributed by atoms with van der Waals surface area (Å²) >= 11 is 0. The lowest BCUT2D eigenvalue weighted by Gasteiger charge is -2.48. The van der Waals surface area contributed by atoms with Gasteiger partial charge >= 0.3 is 24.4 Å². The molecule has 5 rings (SSSR count). The molecule has 23 heteroatoms. The van der Waals surface area contributed by atoms with Crippen molar-refractivity contribution in [3.05, 3.63) is 80.1 Å². The second kappa shape index (κ2) is 22.9. The fourth-order valence-electron chi connectivity index (χ4n) is 7.58. The lowest BCUT2D eigenvalue weighted by atomic mass is 9.93. The highest BCUT2D eigenvalue weighted by atomic mass is 19.4. The number of nitrogens with one attached hydrogen (secondary N) is 6. The molecule has 360 valence electrons. The van der Waals surface area contributed by atoms with Crippen molar-refractivity contribution in [1.82, 2.24) is 10.6 Å². The summed E-state index contributed by atoms with van der Waals surface area (Å²) in [5.74, 6) is 0. The molecule has 2 fully saturated rings. The van der Waals surface area contributed by atoms with E-state index in [1.807, 2.05) is 0 Å². The molecule has 2 saturated heterocycles. The van der Waals surface area contributed by atoms with Gasteiger partial charge in [0.2, 0.25) is 0 Å². The fraction of sp³-hybridized carbons (Fsp3) is 0.571. The molecule has 0 spiro atoms. The summed E-state index contributed by atoms with van der Waals surface area (Å²) in [5.41, 5.74) is -4.93. The van der Waals surface area contributed by atoms with Crippen LogP contribution >= 0.6 is 0 Å². The fourth-order valence-corrected chi connectivity index (χ4v) is 7.58. The molecular formula is C42H54F6N6O11. The number of halogens is 6. The van der Waals surface area contributed by atoms with E-state index in [9.17, 15) is 65.9 Å². The predicted octanol–water partition coefficient (Wildman–Crippen LogP) is 4.25. The standard InChI is InChI=1S/C42H54F6N6O11/c1-2-3-4-5-6-7-8-9-16-49-30-31(35(59)34(30)58)53-29-27(19-55)63-21-26(52-39(61)50-24-14-10-12-22(17-24)41(43,44)45)37(29)65-38-32(36(60)33(57)28(20-56)64-38)54-40(62)51-25-15-11-13-23(18-25)42(46,47)48/h10-15,17-18,26-29,32-33,36-38,49,53,55-57,60H,2-9,16,19-21H2,1H3,(H2,50,52,61)(H2,51,54,62)/t26?,27?,28?,29-,32?,33-,36+,37+,38-/m0/s1. The number of unbranched alkanes of at least 4 members (excludes halogenated alkanes) is 7. The van der Waals surface area contributed by atoms with Crippen molar-refractivity contribution in [3.63, 3.8) is 0 Å². The first kappa shape index (κ1) is 51.0. The number of ether oxygens (including phenoxy) is 3. The van der Waals surface area contributed by atoms with Gasteiger partial charge in [-0.25, -0.2) is 9.59 Å². The highest BCUT2D eigenvalue weighted by Gasteiger charge is 2.51. The zero-order valence-electron chi connectivity index (χ0n) is 35.2. The molecule has 65 heavy (non-hydrogen) atoms. The van der Waals surface area contributed by atoms with Gasteiger partial charge in [-0.05, 0) is 42.8 Å². The number of alkyl halides is 6. The normalized spacial score (nSPS) is 24.9. The first-order valence-electron chi connectivity index (χ1n) is 21.2. The highest BCUT2D eigenvalue weighted by Crippen LogP contribution is 2.33. The van der Waals surface area contributed by atoms with Gasteiger partial charge in [0.1, 0.15) is 47.9 Å². The van der Waals surface area contributed by atoms with E-state index in [1.54, 1.807) is 0 Å². The van der Waals surface area contributed by atoms with E-state index in [2.05, 4.69) is 38.8 Å². The largest absolute Gasteiger partial charge is 0.416 e. The zero-order chi connectivity index (χ0) is 47.5. The van der Waals surface area contributed by atoms with Crippen LogP contribution in [-0.2, 0) is 26.6 Å². The summed E-state index contributed by atoms with van der Waals surface area (Å²) in [5, 5.41) is 57.7. The first-order valence-corrected chi connectivity index (χ1v) is 21.2. The lowest BCUT2D eigenvalue weighted by Crippen LogP contribution is -2.69. The number of carbonyl (C=O) groups excluding carboxylic acids is 2. The third kappa shape index (κ3) is 13.5. The molecule has 0 bridgehead atoms. The SMILES string of the molecule is CCCCCCCCCCNc1c(N[C@H]2C(CO)OCC(NC(=O)Nc3cccc(C(F)(F)F)c3)[C@H]2O[C@@H]2OC(CO)[C@H](O)[C@H](O)C2NC(=O)Nc2cccc(C(F)(F)F)c2)c(=O)c1=O. The van der Waals surface area contributed by atoms with Crippen molar-refractivity contribution in [2.24, 2.45) is 0 Å². The third-order valence-corrected chi connectivity index (χ3v) is 11.1. The van der Waals surface area contributed by atoms with Crippen LogP contribution in [0.15, 0.2) is 58.1 Å². The molecule has 0 radical (unpaired) electrons. The van der Waals surface area contributed by atoms with Crippen LogP contribution in [0.5, 0.6) is 0 Å². The van der Waals surface area contributed by atoms with Crippen LogP contribution in [0.2, 0.25) is 0 Å². The monoisotopic (exact) mass is 932 g/mol. The molecule has 0 aromatic heterocycles. The molecule has 2 heterocycles. The van der Waals surface area contributed by atoms with Gasteiger partial charge in [0.15, 0.2) is 6.29 Å². The van der Waals surface area contributed by atoms with Crippen LogP contribution in [0.1, 0.15) is 69.4 Å². The third-order valence-electron chi connectivity index (χ3n) is 11.1. The maximum absolute atomic E-state index is 13.5. The van der Waals surface area contributed by atoms with Crippen molar-refractivity contribution in [1.29, 1.82) is 0 Å². The molecule has 10 N–H and O–H groups in total. The number of benzene rings is 2. The number of urea groups is 2. The smallest absolute Gasteiger partial charge is 0.394 e. The first-order chi connectivity index (χ1) is 30.9. The molecule has 3 aromatic carbocycles. The van der Waals surface area contributed by atoms with Crippen molar-refractivity contribution >= 4 is 34.8 Å². The Balaban J connectivity index is 1.43. The Labute approximate surface area is 368 Å². The molecule has 9 atom stereocenters. The van der Waals surface area contributed by atoms with E-state index in [0.717, 1.165) is 75.3 Å². The van der Waals surface area contributed by atoms with E-state index in [-0.39, 0.29) is 22.7 Å². The Hall–Kier alpha value is -5.04. The quantitative estimate of drug-likeness (QED) is 0.0433. The van der Waals surface area contributed by atoms with Crippen LogP contribution in [0.25, 0.3) is 0 Å². The number of hydrogen-bond donors (Lipinski definition) is 10. The van der Waals surface area contributed by atoms with Gasteiger partial charge in [-0.3, -0.25) is 9.59 Å². The number of aliphatic hydroxyl groups excluding tert-OH is 4. The molecule has 3 aromatic rings. The Morgan fingerprint density at radius 3 is 1.82 bits per heavy atom. The van der Waals surface area contributed by atoms with Crippen molar-refractivity contribution in [2.45, 2.75) is 126 Å². The molecule has 4 amide bonds. The Morgan fingerprint density at radius 1 is 0.723 bits per heavy atom. The molecule has 4 unspecified atom stereocenters. The average Bonchev–Trinajstić information content (AvgIpc) is 3.26. The van der Waals surface area contributed by atoms with E-state index < -0.39 is 121 Å². The second-order valence-electron chi connectivity index (χ2n) is 15.8. The van der Waals surface area contributed by atoms with Gasteiger partial charge in [0.25, 0.3) is 10.9 Å². The Morgan fingerprint density at radius 2 is 1.26 bits per heavy atom. The molecule has 0 saturated carbocycles. The Kier molecular flexibility index (Phi) is 18.0. The number of carbonyl (C=O) groups is 2. The molecule has 0 aliphatic carbocycles. The van der Waals surface area contributed by atoms with Gasteiger partial charge in [-0.1, -0.05) is 64.0 Å². The highest BCUT2D eigenvalue weighted by molar-refractivity contribution is 5.90. The minimum absolute atomic E-state index is 0.0932. The summed E-state index contributed by atoms with van der Waals surface area (Å²) in [6, 6.07) is 0.320. The van der Waals surface area contributed by atoms with Crippen molar-refractivity contribution < 1.29 is 70.6 Å². The van der Waals surface area contributed by atoms with E-state index in [4.69, 9.17) is 14.2 Å². The summed E-state index contributed by atoms with van der Waals surface area (Å²) in [6.45, 7) is 0.251. The van der Waals surface area contributed by atoms with Crippen LogP contribution in [0, 0.1) is 0 Å². The van der Waals surface area contributed by atoms with E-state index in [1.165, 1.54) is 6.07 Å². The average molecular weight is 933 g/mol. The van der Waals surface area contributed by atoms with Crippen LogP contribution < -0.4 is 42.8 Å². The second-order valence-corrected chi connectivity index (χ2v) is 15.8. The number of aliphatic hydroxyl groups is 4. The number of amides is 4. The van der Waals surface area contributed by atoms with Crippen LogP contribution in [0.3, 0.4) is 0 Å². The molecule has 2 aliphatic rings. The summed E-state index contributed by atoms with van der Waals surface area (Å²) < 4.78 is 98.5. The summed E-state index contributed by atoms with van der Waals surface area (Å²) in [7, 11) is 0. The van der Waals surface area contributed by atoms with E-state index in [0.29, 0.717) is 25.1 Å². The van der Waals surface area contributed by atoms with Crippen molar-refractivity contribution in [3.8, 4) is 0 Å². The molecular weight excluding hydrogens is 878 g/mol. The van der Waals surface area contributed by atoms with Gasteiger partial charge in [-0.2, -0.15) is 26.3 Å². The minimum atomic E-state index is -4.77. The van der Waals surface area contributed by atoms with Crippen LogP contribution in [0.4, 0.5) is 58.7 Å². The van der Waals surface area contributed by atoms with Gasteiger partial charge in [0, 0.05) is 17.9 Å². The van der Waals surface area contributed by atoms with Gasteiger partial charge < -0.3 is 66.5 Å². The van der Waals surface area contributed by atoms with Crippen molar-refractivity contribution in [2.75, 3.05) is 47.6 Å². The minimum Gasteiger partial charge on any atom is -0.394 e. The van der Waals surface area contributed by atoms with Gasteiger partial charge in [0.05, 0.1) is 43.0 Å².